The number of nitrogen functional groups attached to an aromatic ring is 1. The molecule has 0 aliphatic rings. The van der Waals surface area contributed by atoms with Crippen molar-refractivity contribution >= 4 is 17.3 Å². The van der Waals surface area contributed by atoms with Gasteiger partial charge in [0, 0.05) is 6.07 Å². The molecule has 1 aromatic rings. The maximum atomic E-state index is 13.3. The number of ether oxygens (including phenoxy) is 1. The number of amides is 1. The highest BCUT2D eigenvalue weighted by atomic mass is 19.1. The Balaban J connectivity index is 2.68. The van der Waals surface area contributed by atoms with Crippen LogP contribution in [-0.2, 0) is 9.53 Å². The zero-order valence-electron chi connectivity index (χ0n) is 10.5. The van der Waals surface area contributed by atoms with Gasteiger partial charge < -0.3 is 15.8 Å². The topological polar surface area (TPSA) is 64.3 Å². The summed E-state index contributed by atoms with van der Waals surface area (Å²) in [5.41, 5.74) is 4.41. The van der Waals surface area contributed by atoms with Crippen LogP contribution in [-0.4, -0.2) is 18.1 Å². The highest BCUT2D eigenvalue weighted by Crippen LogP contribution is 2.21. The maximum absolute atomic E-state index is 13.3. The molecule has 0 saturated carbocycles. The third-order valence-corrected chi connectivity index (χ3v) is 2.00. The van der Waals surface area contributed by atoms with Crippen LogP contribution in [0.4, 0.5) is 20.2 Å². The van der Waals surface area contributed by atoms with E-state index in [0.717, 1.165) is 6.07 Å². The van der Waals surface area contributed by atoms with Gasteiger partial charge in [0.1, 0.15) is 18.2 Å². The Morgan fingerprint density at radius 3 is 2.50 bits per heavy atom. The quantitative estimate of drug-likeness (QED) is 0.818. The first-order chi connectivity index (χ1) is 8.19. The molecule has 1 aromatic carbocycles. The van der Waals surface area contributed by atoms with Gasteiger partial charge in [-0.2, -0.15) is 0 Å². The van der Waals surface area contributed by atoms with Crippen molar-refractivity contribution in [2.75, 3.05) is 17.7 Å². The highest BCUT2D eigenvalue weighted by molar-refractivity contribution is 5.92. The van der Waals surface area contributed by atoms with Crippen molar-refractivity contribution in [2.24, 2.45) is 0 Å². The van der Waals surface area contributed by atoms with Crippen LogP contribution in [0.1, 0.15) is 20.8 Å². The zero-order valence-corrected chi connectivity index (χ0v) is 10.5. The molecule has 0 heterocycles. The minimum atomic E-state index is -0.884. The molecule has 0 aliphatic carbocycles. The van der Waals surface area contributed by atoms with Crippen molar-refractivity contribution in [3.63, 3.8) is 0 Å². The molecular formula is C12H16F2N2O2. The smallest absolute Gasteiger partial charge is 0.250 e. The van der Waals surface area contributed by atoms with Crippen LogP contribution in [0.3, 0.4) is 0 Å². The van der Waals surface area contributed by atoms with Crippen molar-refractivity contribution in [3.8, 4) is 0 Å². The van der Waals surface area contributed by atoms with Crippen molar-refractivity contribution in [3.05, 3.63) is 23.8 Å². The summed E-state index contributed by atoms with van der Waals surface area (Å²) in [5.74, 6) is -2.28. The number of carbonyl (C=O) groups excluding carboxylic acids is 1. The van der Waals surface area contributed by atoms with Crippen molar-refractivity contribution < 1.29 is 18.3 Å². The molecule has 1 rings (SSSR count). The number of rotatable bonds is 3. The standard InChI is InChI=1S/C12H16F2N2O2/c1-12(2,3)18-6-11(17)16-10-5-9(15)7(13)4-8(10)14/h4-5H,6,15H2,1-3H3,(H,16,17). The van der Waals surface area contributed by atoms with Crippen LogP contribution < -0.4 is 11.1 Å². The Labute approximate surface area is 104 Å². The fraction of sp³-hybridized carbons (Fsp3) is 0.417. The van der Waals surface area contributed by atoms with Gasteiger partial charge >= 0.3 is 0 Å². The van der Waals surface area contributed by atoms with E-state index in [2.05, 4.69) is 5.32 Å². The monoisotopic (exact) mass is 258 g/mol. The Bertz CT molecular complexity index is 456. The lowest BCUT2D eigenvalue weighted by molar-refractivity contribution is -0.125. The summed E-state index contributed by atoms with van der Waals surface area (Å²) in [5, 5.41) is 2.27. The van der Waals surface area contributed by atoms with Gasteiger partial charge in [-0.25, -0.2) is 8.78 Å². The summed E-state index contributed by atoms with van der Waals surface area (Å²) in [6.07, 6.45) is 0. The fourth-order valence-electron chi connectivity index (χ4n) is 1.13. The minimum Gasteiger partial charge on any atom is -0.396 e. The molecule has 0 spiro atoms. The summed E-state index contributed by atoms with van der Waals surface area (Å²) < 4.78 is 31.4. The predicted molar refractivity (Wildman–Crippen MR) is 65.1 cm³/mol. The summed E-state index contributed by atoms with van der Waals surface area (Å²) >= 11 is 0. The number of nitrogens with two attached hydrogens (primary N) is 1. The molecule has 0 aliphatic heterocycles. The average molecular weight is 258 g/mol. The fourth-order valence-corrected chi connectivity index (χ4v) is 1.13. The average Bonchev–Trinajstić information content (AvgIpc) is 2.22. The SMILES string of the molecule is CC(C)(C)OCC(=O)Nc1cc(N)c(F)cc1F. The Morgan fingerprint density at radius 1 is 1.33 bits per heavy atom. The first-order valence-corrected chi connectivity index (χ1v) is 5.37. The van der Waals surface area contributed by atoms with Crippen LogP contribution >= 0.6 is 0 Å². The van der Waals surface area contributed by atoms with Gasteiger partial charge in [0.25, 0.3) is 0 Å². The van der Waals surface area contributed by atoms with Crippen LogP contribution in [0.2, 0.25) is 0 Å². The van der Waals surface area contributed by atoms with E-state index in [1.807, 2.05) is 0 Å². The number of hydrogen-bond donors (Lipinski definition) is 2. The van der Waals surface area contributed by atoms with Crippen LogP contribution in [0, 0.1) is 11.6 Å². The molecule has 0 atom stereocenters. The first kappa shape index (κ1) is 14.4. The van der Waals surface area contributed by atoms with E-state index >= 15 is 0 Å². The predicted octanol–water partition coefficient (Wildman–Crippen LogP) is 2.30. The number of anilines is 2. The van der Waals surface area contributed by atoms with Gasteiger partial charge in [-0.05, 0) is 26.8 Å². The van der Waals surface area contributed by atoms with E-state index in [1.165, 1.54) is 0 Å². The molecule has 0 radical (unpaired) electrons. The third kappa shape index (κ3) is 4.29. The summed E-state index contributed by atoms with van der Waals surface area (Å²) in [6, 6.07) is 1.65. The molecule has 0 bridgehead atoms. The number of hydrogen-bond acceptors (Lipinski definition) is 3. The summed E-state index contributed by atoms with van der Waals surface area (Å²) in [7, 11) is 0. The molecule has 4 nitrogen and oxygen atoms in total. The van der Waals surface area contributed by atoms with E-state index in [-0.39, 0.29) is 18.0 Å². The van der Waals surface area contributed by atoms with E-state index in [9.17, 15) is 13.6 Å². The Morgan fingerprint density at radius 2 is 1.94 bits per heavy atom. The molecule has 0 aromatic heterocycles. The first-order valence-electron chi connectivity index (χ1n) is 5.37. The highest BCUT2D eigenvalue weighted by Gasteiger charge is 2.15. The van der Waals surface area contributed by atoms with Crippen molar-refractivity contribution in [1.82, 2.24) is 0 Å². The lowest BCUT2D eigenvalue weighted by Crippen LogP contribution is -2.27. The van der Waals surface area contributed by atoms with Gasteiger partial charge in [-0.15, -0.1) is 0 Å². The van der Waals surface area contributed by atoms with Gasteiger partial charge in [0.05, 0.1) is 17.0 Å². The molecule has 0 saturated heterocycles. The van der Waals surface area contributed by atoms with E-state index in [0.29, 0.717) is 6.07 Å². The van der Waals surface area contributed by atoms with Gasteiger partial charge in [0.2, 0.25) is 5.91 Å². The van der Waals surface area contributed by atoms with E-state index in [1.54, 1.807) is 20.8 Å². The molecule has 18 heavy (non-hydrogen) atoms. The molecule has 100 valence electrons. The molecule has 6 heteroatoms. The summed E-state index contributed by atoms with van der Waals surface area (Å²) in [6.45, 7) is 5.14. The van der Waals surface area contributed by atoms with Gasteiger partial charge in [-0.1, -0.05) is 0 Å². The molecule has 1 amide bonds. The lowest BCUT2D eigenvalue weighted by Gasteiger charge is -2.19. The second-order valence-corrected chi connectivity index (χ2v) is 4.80. The van der Waals surface area contributed by atoms with Crippen LogP contribution in [0.25, 0.3) is 0 Å². The number of carbonyl (C=O) groups is 1. The molecule has 3 N–H and O–H groups in total. The zero-order chi connectivity index (χ0) is 13.9. The molecule has 0 fully saturated rings. The lowest BCUT2D eigenvalue weighted by atomic mass is 10.2. The van der Waals surface area contributed by atoms with Crippen molar-refractivity contribution in [2.45, 2.75) is 26.4 Å². The Kier molecular flexibility index (Phi) is 4.24. The van der Waals surface area contributed by atoms with Gasteiger partial charge in [0.15, 0.2) is 0 Å². The number of halogens is 2. The number of benzene rings is 1. The van der Waals surface area contributed by atoms with E-state index in [4.69, 9.17) is 10.5 Å². The molecular weight excluding hydrogens is 242 g/mol. The van der Waals surface area contributed by atoms with Crippen molar-refractivity contribution in [1.29, 1.82) is 0 Å². The summed E-state index contributed by atoms with van der Waals surface area (Å²) in [4.78, 5) is 11.5. The normalized spacial score (nSPS) is 11.4. The minimum absolute atomic E-state index is 0.170. The number of nitrogens with one attached hydrogen (secondary N) is 1. The van der Waals surface area contributed by atoms with Crippen LogP contribution in [0.15, 0.2) is 12.1 Å². The van der Waals surface area contributed by atoms with Gasteiger partial charge in [-0.3, -0.25) is 4.79 Å². The largest absolute Gasteiger partial charge is 0.396 e. The Hall–Kier alpha value is -1.69. The second kappa shape index (κ2) is 5.30. The maximum Gasteiger partial charge on any atom is 0.250 e. The molecule has 0 unspecified atom stereocenters. The van der Waals surface area contributed by atoms with Crippen LogP contribution in [0.5, 0.6) is 0 Å². The third-order valence-electron chi connectivity index (χ3n) is 2.00. The van der Waals surface area contributed by atoms with E-state index < -0.39 is 23.1 Å². The second-order valence-electron chi connectivity index (χ2n) is 4.80.